The van der Waals surface area contributed by atoms with Crippen molar-refractivity contribution < 1.29 is 4.79 Å². The number of hydrogen-bond donors (Lipinski definition) is 3. The van der Waals surface area contributed by atoms with Gasteiger partial charge in [0.05, 0.1) is 6.54 Å². The molecule has 4 N–H and O–H groups in total. The molecule has 0 saturated carbocycles. The number of rotatable bonds is 5. The molecule has 0 saturated heterocycles. The molecule has 9 heteroatoms. The predicted octanol–water partition coefficient (Wildman–Crippen LogP) is -2.45. The van der Waals surface area contributed by atoms with Crippen molar-refractivity contribution >= 4 is 17.1 Å². The number of H-pyrrole nitrogens is 1. The van der Waals surface area contributed by atoms with Gasteiger partial charge in [0.1, 0.15) is 0 Å². The number of aromatic nitrogens is 4. The van der Waals surface area contributed by atoms with E-state index in [0.717, 1.165) is 4.57 Å². The van der Waals surface area contributed by atoms with Crippen molar-refractivity contribution in [2.24, 2.45) is 5.73 Å². The summed E-state index contributed by atoms with van der Waals surface area (Å²) in [5, 5.41) is 2.71. The van der Waals surface area contributed by atoms with Gasteiger partial charge in [-0.2, -0.15) is 0 Å². The molecule has 0 unspecified atom stereocenters. The number of nitrogens with one attached hydrogen (secondary N) is 2. The third-order valence-corrected chi connectivity index (χ3v) is 2.43. The Hall–Kier alpha value is -2.55. The molecule has 2 heterocycles. The zero-order valence-corrected chi connectivity index (χ0v) is 9.92. The van der Waals surface area contributed by atoms with E-state index in [1.165, 1.54) is 12.4 Å². The van der Waals surface area contributed by atoms with Crippen LogP contribution in [0, 0.1) is 0 Å². The zero-order chi connectivity index (χ0) is 13.8. The van der Waals surface area contributed by atoms with Crippen molar-refractivity contribution in [1.29, 1.82) is 0 Å². The van der Waals surface area contributed by atoms with E-state index in [1.807, 2.05) is 0 Å². The molecule has 0 aliphatic carbocycles. The number of primary amides is 1. The first kappa shape index (κ1) is 12.9. The summed E-state index contributed by atoms with van der Waals surface area (Å²) in [5.41, 5.74) is 4.11. The topological polar surface area (TPSA) is 136 Å². The molecule has 2 rings (SSSR count). The summed E-state index contributed by atoms with van der Waals surface area (Å²) in [6.07, 6.45) is 2.76. The van der Waals surface area contributed by atoms with Crippen molar-refractivity contribution in [3.8, 4) is 0 Å². The number of carbonyl (C=O) groups excluding carboxylic acids is 1. The molecule has 0 aromatic carbocycles. The third kappa shape index (κ3) is 2.83. The van der Waals surface area contributed by atoms with Gasteiger partial charge in [0.25, 0.3) is 5.56 Å². The van der Waals surface area contributed by atoms with Gasteiger partial charge in [0, 0.05) is 25.5 Å². The lowest BCUT2D eigenvalue weighted by atomic mass is 10.4. The maximum atomic E-state index is 12.0. The number of fused-ring (bicyclic) bond motifs is 1. The first-order chi connectivity index (χ1) is 9.09. The molecule has 0 radical (unpaired) electrons. The summed E-state index contributed by atoms with van der Waals surface area (Å²) < 4.78 is 0.991. The second-order valence-electron chi connectivity index (χ2n) is 3.78. The van der Waals surface area contributed by atoms with E-state index in [0.29, 0.717) is 0 Å². The van der Waals surface area contributed by atoms with Crippen LogP contribution >= 0.6 is 0 Å². The lowest BCUT2D eigenvalue weighted by Gasteiger charge is -2.05. The SMILES string of the molecule is NC(=O)CNCCn1c(=O)[nH]c2nccnc2c1=O. The second kappa shape index (κ2) is 5.40. The largest absolute Gasteiger partial charge is 0.369 e. The van der Waals surface area contributed by atoms with Gasteiger partial charge < -0.3 is 11.1 Å². The van der Waals surface area contributed by atoms with Crippen molar-refractivity contribution in [2.75, 3.05) is 13.1 Å². The van der Waals surface area contributed by atoms with E-state index in [1.54, 1.807) is 0 Å². The molecule has 100 valence electrons. The minimum atomic E-state index is -0.570. The molecule has 0 spiro atoms. The summed E-state index contributed by atoms with van der Waals surface area (Å²) in [7, 11) is 0. The Bertz CT molecular complexity index is 719. The molecule has 2 aromatic rings. The molecule has 0 aliphatic heterocycles. The summed E-state index contributed by atoms with van der Waals surface area (Å²) in [4.78, 5) is 44.4. The Labute approximate surface area is 106 Å². The van der Waals surface area contributed by atoms with Crippen molar-refractivity contribution in [1.82, 2.24) is 24.8 Å². The smallest absolute Gasteiger partial charge is 0.330 e. The minimum absolute atomic E-state index is 0.0138. The standard InChI is InChI=1S/C10H12N6O3/c11-6(17)5-12-3-4-16-9(18)7-8(15-10(16)19)14-2-1-13-7/h1-2,12H,3-5H2,(H2,11,17)(H,14,15,19). The Morgan fingerprint density at radius 2 is 2.11 bits per heavy atom. The first-order valence-corrected chi connectivity index (χ1v) is 5.52. The van der Waals surface area contributed by atoms with Gasteiger partial charge >= 0.3 is 5.69 Å². The van der Waals surface area contributed by atoms with E-state index in [2.05, 4.69) is 20.3 Å². The Balaban J connectivity index is 2.26. The van der Waals surface area contributed by atoms with Gasteiger partial charge in [-0.3, -0.25) is 19.1 Å². The summed E-state index contributed by atoms with van der Waals surface area (Å²) in [6, 6.07) is 0. The van der Waals surface area contributed by atoms with Crippen LogP contribution in [0.5, 0.6) is 0 Å². The Morgan fingerprint density at radius 3 is 2.84 bits per heavy atom. The fraction of sp³-hybridized carbons (Fsp3) is 0.300. The van der Waals surface area contributed by atoms with Crippen LogP contribution in [0.2, 0.25) is 0 Å². The highest BCUT2D eigenvalue weighted by atomic mass is 16.2. The molecule has 0 bridgehead atoms. The number of nitrogens with two attached hydrogens (primary N) is 1. The number of nitrogens with zero attached hydrogens (tertiary/aromatic N) is 3. The normalized spacial score (nSPS) is 10.7. The average Bonchev–Trinajstić information content (AvgIpc) is 2.37. The monoisotopic (exact) mass is 264 g/mol. The van der Waals surface area contributed by atoms with Crippen molar-refractivity contribution in [3.05, 3.63) is 33.2 Å². The van der Waals surface area contributed by atoms with E-state index in [9.17, 15) is 14.4 Å². The number of carbonyl (C=O) groups is 1. The maximum absolute atomic E-state index is 12.0. The van der Waals surface area contributed by atoms with Gasteiger partial charge in [-0.1, -0.05) is 0 Å². The third-order valence-electron chi connectivity index (χ3n) is 2.43. The molecule has 0 fully saturated rings. The molecule has 2 aromatic heterocycles. The lowest BCUT2D eigenvalue weighted by Crippen LogP contribution is -2.39. The number of aromatic amines is 1. The summed E-state index contributed by atoms with van der Waals surface area (Å²) in [6.45, 7) is 0.353. The summed E-state index contributed by atoms with van der Waals surface area (Å²) >= 11 is 0. The highest BCUT2D eigenvalue weighted by Crippen LogP contribution is 1.93. The van der Waals surface area contributed by atoms with E-state index in [-0.39, 0.29) is 30.8 Å². The first-order valence-electron chi connectivity index (χ1n) is 5.52. The van der Waals surface area contributed by atoms with Gasteiger partial charge in [-0.15, -0.1) is 0 Å². The highest BCUT2D eigenvalue weighted by molar-refractivity contribution is 5.75. The van der Waals surface area contributed by atoms with Gasteiger partial charge in [-0.25, -0.2) is 14.8 Å². The van der Waals surface area contributed by atoms with Crippen molar-refractivity contribution in [2.45, 2.75) is 6.54 Å². The van der Waals surface area contributed by atoms with Crippen LogP contribution in [0.15, 0.2) is 22.0 Å². The van der Waals surface area contributed by atoms with E-state index < -0.39 is 17.2 Å². The second-order valence-corrected chi connectivity index (χ2v) is 3.78. The minimum Gasteiger partial charge on any atom is -0.369 e. The van der Waals surface area contributed by atoms with E-state index in [4.69, 9.17) is 5.73 Å². The Kier molecular flexibility index (Phi) is 3.66. The van der Waals surface area contributed by atoms with Crippen LogP contribution in [0.3, 0.4) is 0 Å². The molecule has 9 nitrogen and oxygen atoms in total. The lowest BCUT2D eigenvalue weighted by molar-refractivity contribution is -0.117. The molecule has 0 atom stereocenters. The number of amides is 1. The Morgan fingerprint density at radius 1 is 1.37 bits per heavy atom. The van der Waals surface area contributed by atoms with Crippen LogP contribution in [-0.2, 0) is 11.3 Å². The quantitative estimate of drug-likeness (QED) is 0.513. The van der Waals surface area contributed by atoms with Crippen LogP contribution in [0.1, 0.15) is 0 Å². The van der Waals surface area contributed by atoms with Crippen LogP contribution in [0.25, 0.3) is 11.2 Å². The fourth-order valence-corrected chi connectivity index (χ4v) is 1.58. The van der Waals surface area contributed by atoms with Crippen LogP contribution in [0.4, 0.5) is 0 Å². The van der Waals surface area contributed by atoms with Gasteiger partial charge in [0.15, 0.2) is 11.2 Å². The molecular formula is C10H12N6O3. The average molecular weight is 264 g/mol. The maximum Gasteiger partial charge on any atom is 0.330 e. The molecular weight excluding hydrogens is 252 g/mol. The molecule has 19 heavy (non-hydrogen) atoms. The fourth-order valence-electron chi connectivity index (χ4n) is 1.58. The summed E-state index contributed by atoms with van der Waals surface area (Å²) in [5.74, 6) is -0.509. The zero-order valence-electron chi connectivity index (χ0n) is 9.92. The molecule has 1 amide bonds. The van der Waals surface area contributed by atoms with Gasteiger partial charge in [0.2, 0.25) is 5.91 Å². The van der Waals surface area contributed by atoms with Gasteiger partial charge in [-0.05, 0) is 0 Å². The van der Waals surface area contributed by atoms with Crippen LogP contribution < -0.4 is 22.3 Å². The predicted molar refractivity (Wildman–Crippen MR) is 66.5 cm³/mol. The van der Waals surface area contributed by atoms with Crippen molar-refractivity contribution in [3.63, 3.8) is 0 Å². The highest BCUT2D eigenvalue weighted by Gasteiger charge is 2.08. The number of hydrogen-bond acceptors (Lipinski definition) is 6. The van der Waals surface area contributed by atoms with E-state index >= 15 is 0 Å². The molecule has 0 aliphatic rings. The van der Waals surface area contributed by atoms with Crippen LogP contribution in [-0.4, -0.2) is 38.5 Å².